The van der Waals surface area contributed by atoms with E-state index in [9.17, 15) is 0 Å². The molecule has 3 nitrogen and oxygen atoms in total. The molecule has 2 rings (SSSR count). The van der Waals surface area contributed by atoms with Gasteiger partial charge in [0.1, 0.15) is 0 Å². The second kappa shape index (κ2) is 4.06. The minimum Gasteiger partial charge on any atom is -0.399 e. The molecule has 15 heavy (non-hydrogen) atoms. The van der Waals surface area contributed by atoms with E-state index in [-0.39, 0.29) is 0 Å². The Morgan fingerprint density at radius 1 is 1.40 bits per heavy atom. The molecule has 0 aliphatic carbocycles. The normalized spacial score (nSPS) is 10.5. The van der Waals surface area contributed by atoms with Crippen molar-refractivity contribution < 1.29 is 0 Å². The topological polar surface area (TPSA) is 43.8 Å². The lowest BCUT2D eigenvalue weighted by atomic mass is 10.2. The molecule has 4 heteroatoms. The molecule has 1 aromatic carbocycles. The van der Waals surface area contributed by atoms with Crippen LogP contribution in [0.5, 0.6) is 0 Å². The molecule has 0 aliphatic heterocycles. The zero-order valence-corrected chi connectivity index (χ0v) is 10.0. The van der Waals surface area contributed by atoms with Crippen LogP contribution >= 0.6 is 15.9 Å². The van der Waals surface area contributed by atoms with E-state index in [4.69, 9.17) is 5.73 Å². The zero-order chi connectivity index (χ0) is 10.8. The summed E-state index contributed by atoms with van der Waals surface area (Å²) in [6.07, 6.45) is 3.86. The minimum absolute atomic E-state index is 0.747. The zero-order valence-electron chi connectivity index (χ0n) is 8.44. The summed E-state index contributed by atoms with van der Waals surface area (Å²) in [6.45, 7) is 2.77. The Kier molecular flexibility index (Phi) is 2.77. The number of rotatable bonds is 2. The quantitative estimate of drug-likeness (QED) is 0.849. The van der Waals surface area contributed by atoms with Crippen LogP contribution < -0.4 is 5.73 Å². The van der Waals surface area contributed by atoms with E-state index >= 15 is 0 Å². The number of hydrogen-bond donors (Lipinski definition) is 1. The van der Waals surface area contributed by atoms with Gasteiger partial charge in [0.2, 0.25) is 0 Å². The third-order valence-corrected chi connectivity index (χ3v) is 2.54. The number of hydrogen-bond acceptors (Lipinski definition) is 2. The number of nitrogens with two attached hydrogens (primary N) is 1. The van der Waals surface area contributed by atoms with Crippen molar-refractivity contribution in [2.45, 2.75) is 13.5 Å². The highest BCUT2D eigenvalue weighted by Gasteiger charge is 1.99. The van der Waals surface area contributed by atoms with Crippen molar-refractivity contribution in [3.8, 4) is 0 Å². The largest absolute Gasteiger partial charge is 0.399 e. The summed E-state index contributed by atoms with van der Waals surface area (Å²) >= 11 is 3.42. The predicted octanol–water partition coefficient (Wildman–Crippen LogP) is 2.58. The van der Waals surface area contributed by atoms with E-state index in [0.717, 1.165) is 27.8 Å². The van der Waals surface area contributed by atoms with Crippen molar-refractivity contribution in [3.05, 3.63) is 46.2 Å². The number of aryl methyl sites for hydroxylation is 1. The van der Waals surface area contributed by atoms with E-state index in [2.05, 4.69) is 21.0 Å². The molecule has 0 saturated carbocycles. The fourth-order valence-corrected chi connectivity index (χ4v) is 2.07. The van der Waals surface area contributed by atoms with Gasteiger partial charge in [-0.1, -0.05) is 15.9 Å². The molecule has 0 spiro atoms. The van der Waals surface area contributed by atoms with E-state index in [1.54, 1.807) is 0 Å². The summed E-state index contributed by atoms with van der Waals surface area (Å²) in [5, 5.41) is 4.23. The molecule has 0 atom stereocenters. The SMILES string of the molecule is Cc1cnn(Cc2cc(N)cc(Br)c2)c1. The monoisotopic (exact) mass is 265 g/mol. The molecule has 1 heterocycles. The summed E-state index contributed by atoms with van der Waals surface area (Å²) in [5.41, 5.74) is 8.83. The number of aromatic nitrogens is 2. The molecular formula is C11H12BrN3. The van der Waals surface area contributed by atoms with Crippen LogP contribution in [0.15, 0.2) is 35.1 Å². The molecule has 0 bridgehead atoms. The number of nitrogen functional groups attached to an aromatic ring is 1. The van der Waals surface area contributed by atoms with E-state index in [0.29, 0.717) is 0 Å². The lowest BCUT2D eigenvalue weighted by Gasteiger charge is -2.04. The summed E-state index contributed by atoms with van der Waals surface area (Å²) in [4.78, 5) is 0. The lowest BCUT2D eigenvalue weighted by molar-refractivity contribution is 0.686. The molecule has 0 amide bonds. The number of anilines is 1. The van der Waals surface area contributed by atoms with Gasteiger partial charge in [0, 0.05) is 16.4 Å². The molecule has 0 fully saturated rings. The summed E-state index contributed by atoms with van der Waals surface area (Å²) < 4.78 is 2.90. The highest BCUT2D eigenvalue weighted by Crippen LogP contribution is 2.17. The molecule has 2 N–H and O–H groups in total. The van der Waals surface area contributed by atoms with Crippen molar-refractivity contribution in [1.29, 1.82) is 0 Å². The average Bonchev–Trinajstić information content (AvgIpc) is 2.49. The highest BCUT2D eigenvalue weighted by molar-refractivity contribution is 9.10. The van der Waals surface area contributed by atoms with Crippen molar-refractivity contribution >= 4 is 21.6 Å². The van der Waals surface area contributed by atoms with Gasteiger partial charge in [0.05, 0.1) is 12.7 Å². The predicted molar refractivity (Wildman–Crippen MR) is 64.6 cm³/mol. The number of benzene rings is 1. The first-order valence-electron chi connectivity index (χ1n) is 4.67. The lowest BCUT2D eigenvalue weighted by Crippen LogP contribution is -2.00. The van der Waals surface area contributed by atoms with Gasteiger partial charge in [0.15, 0.2) is 0 Å². The summed E-state index contributed by atoms with van der Waals surface area (Å²) in [7, 11) is 0. The second-order valence-electron chi connectivity index (χ2n) is 3.61. The van der Waals surface area contributed by atoms with Crippen LogP contribution in [0.2, 0.25) is 0 Å². The van der Waals surface area contributed by atoms with Crippen LogP contribution in [0.1, 0.15) is 11.1 Å². The fourth-order valence-electron chi connectivity index (χ4n) is 1.51. The smallest absolute Gasteiger partial charge is 0.0660 e. The first-order valence-corrected chi connectivity index (χ1v) is 5.47. The van der Waals surface area contributed by atoms with Crippen LogP contribution in [-0.4, -0.2) is 9.78 Å². The maximum Gasteiger partial charge on any atom is 0.0660 e. The van der Waals surface area contributed by atoms with Crippen molar-refractivity contribution in [1.82, 2.24) is 9.78 Å². The van der Waals surface area contributed by atoms with Crippen molar-refractivity contribution in [2.24, 2.45) is 0 Å². The third-order valence-electron chi connectivity index (χ3n) is 2.09. The fraction of sp³-hybridized carbons (Fsp3) is 0.182. The Labute approximate surface area is 97.0 Å². The van der Waals surface area contributed by atoms with Gasteiger partial charge in [-0.05, 0) is 36.2 Å². The van der Waals surface area contributed by atoms with Gasteiger partial charge in [-0.3, -0.25) is 4.68 Å². The van der Waals surface area contributed by atoms with Crippen LogP contribution in [0.3, 0.4) is 0 Å². The maximum atomic E-state index is 5.76. The second-order valence-corrected chi connectivity index (χ2v) is 4.52. The van der Waals surface area contributed by atoms with Gasteiger partial charge in [-0.15, -0.1) is 0 Å². The van der Waals surface area contributed by atoms with Gasteiger partial charge in [0.25, 0.3) is 0 Å². The van der Waals surface area contributed by atoms with Crippen LogP contribution in [0.25, 0.3) is 0 Å². The van der Waals surface area contributed by atoms with E-state index in [1.807, 2.05) is 42.2 Å². The van der Waals surface area contributed by atoms with Gasteiger partial charge >= 0.3 is 0 Å². The molecule has 0 aliphatic rings. The standard InChI is InChI=1S/C11H12BrN3/c1-8-5-14-15(6-8)7-9-2-10(12)4-11(13)3-9/h2-6H,7,13H2,1H3. The van der Waals surface area contributed by atoms with Gasteiger partial charge in [-0.2, -0.15) is 5.10 Å². The third kappa shape index (κ3) is 2.59. The van der Waals surface area contributed by atoms with E-state index < -0.39 is 0 Å². The Morgan fingerprint density at radius 2 is 2.20 bits per heavy atom. The Hall–Kier alpha value is -1.29. The molecule has 0 unspecified atom stereocenters. The summed E-state index contributed by atoms with van der Waals surface area (Å²) in [5.74, 6) is 0. The number of halogens is 1. The number of nitrogens with zero attached hydrogens (tertiary/aromatic N) is 2. The van der Waals surface area contributed by atoms with Crippen molar-refractivity contribution in [2.75, 3.05) is 5.73 Å². The van der Waals surface area contributed by atoms with Gasteiger partial charge in [-0.25, -0.2) is 0 Å². The molecule has 1 aromatic heterocycles. The van der Waals surface area contributed by atoms with Gasteiger partial charge < -0.3 is 5.73 Å². The van der Waals surface area contributed by atoms with Crippen molar-refractivity contribution in [3.63, 3.8) is 0 Å². The molecular weight excluding hydrogens is 254 g/mol. The highest BCUT2D eigenvalue weighted by atomic mass is 79.9. The average molecular weight is 266 g/mol. The molecule has 78 valence electrons. The Balaban J connectivity index is 2.24. The molecule has 0 radical (unpaired) electrons. The Morgan fingerprint density at radius 3 is 2.80 bits per heavy atom. The van der Waals surface area contributed by atoms with Crippen LogP contribution in [0.4, 0.5) is 5.69 Å². The maximum absolute atomic E-state index is 5.76. The first-order chi connectivity index (χ1) is 7.13. The molecule has 0 saturated heterocycles. The Bertz CT molecular complexity index is 456. The molecule has 2 aromatic rings. The summed E-state index contributed by atoms with van der Waals surface area (Å²) in [6, 6.07) is 5.90. The minimum atomic E-state index is 0.747. The van der Waals surface area contributed by atoms with Crippen LogP contribution in [0, 0.1) is 6.92 Å². The first kappa shape index (κ1) is 10.2. The van der Waals surface area contributed by atoms with Crippen LogP contribution in [-0.2, 0) is 6.54 Å². The van der Waals surface area contributed by atoms with E-state index in [1.165, 1.54) is 0 Å².